The number of benzene rings is 1. The number of nitriles is 1. The van der Waals surface area contributed by atoms with Crippen molar-refractivity contribution in [2.75, 3.05) is 24.0 Å². The molecule has 1 aromatic carbocycles. The molecule has 28 heavy (non-hydrogen) atoms. The van der Waals surface area contributed by atoms with E-state index in [2.05, 4.69) is 26.8 Å². The molecule has 0 bridgehead atoms. The number of nitrogens with one attached hydrogen (secondary N) is 2. The summed E-state index contributed by atoms with van der Waals surface area (Å²) in [6.45, 7) is 0. The number of aromatic nitrogens is 3. The molecule has 1 unspecified atom stereocenters. The summed E-state index contributed by atoms with van der Waals surface area (Å²) >= 11 is -0.985. The van der Waals surface area contributed by atoms with Crippen molar-refractivity contribution in [1.29, 1.82) is 5.26 Å². The monoisotopic (exact) mass is 396 g/mol. The van der Waals surface area contributed by atoms with Crippen LogP contribution in [0.5, 0.6) is 5.75 Å². The van der Waals surface area contributed by atoms with Crippen LogP contribution in [0, 0.1) is 11.3 Å². The van der Waals surface area contributed by atoms with Crippen LogP contribution in [0.4, 0.5) is 17.3 Å². The summed E-state index contributed by atoms with van der Waals surface area (Å²) in [6, 6.07) is 10.1. The number of ether oxygens (including phenoxy) is 1. The smallest absolute Gasteiger partial charge is 0.177 e. The van der Waals surface area contributed by atoms with Gasteiger partial charge in [-0.15, -0.1) is 0 Å². The Balaban J connectivity index is 1.70. The van der Waals surface area contributed by atoms with Crippen molar-refractivity contribution in [3.8, 4) is 11.8 Å². The van der Waals surface area contributed by atoms with E-state index in [1.165, 1.54) is 6.20 Å². The number of hydrogen-bond acceptors (Lipinski definition) is 7. The maximum atomic E-state index is 11.7. The average Bonchev–Trinajstić information content (AvgIpc) is 3.38. The lowest BCUT2D eigenvalue weighted by Crippen LogP contribution is -2.09. The van der Waals surface area contributed by atoms with Crippen molar-refractivity contribution in [3.05, 3.63) is 41.6 Å². The minimum absolute atomic E-state index is 0.404. The van der Waals surface area contributed by atoms with Gasteiger partial charge in [0.25, 0.3) is 0 Å². The van der Waals surface area contributed by atoms with Crippen LogP contribution >= 0.6 is 0 Å². The molecule has 1 aliphatic rings. The van der Waals surface area contributed by atoms with E-state index in [0.717, 1.165) is 29.9 Å². The molecule has 0 spiro atoms. The normalized spacial score (nSPS) is 14.5. The minimum Gasteiger partial charge on any atom is -0.616 e. The van der Waals surface area contributed by atoms with Gasteiger partial charge in [-0.05, 0) is 31.0 Å². The van der Waals surface area contributed by atoms with Gasteiger partial charge in [-0.2, -0.15) is 14.9 Å². The largest absolute Gasteiger partial charge is 0.616 e. The summed E-state index contributed by atoms with van der Waals surface area (Å²) < 4.78 is 18.7. The molecule has 3 aromatic rings. The predicted molar refractivity (Wildman–Crippen MR) is 108 cm³/mol. The standard InChI is InChI=1S/C19H20N6O2S/c1-27-16-6-5-15(7-12(16)11-28(2)26)22-17-8-18(23-14-3-4-14)25-19(24-17)13(9-20)10-21-25/h5-8,10,14,23H,3-4,11H2,1-2H3,(H,22,24). The van der Waals surface area contributed by atoms with Crippen LogP contribution in [0.2, 0.25) is 0 Å². The predicted octanol–water partition coefficient (Wildman–Crippen LogP) is 2.81. The Labute approximate surface area is 165 Å². The van der Waals surface area contributed by atoms with Crippen LogP contribution in [-0.4, -0.2) is 38.6 Å². The van der Waals surface area contributed by atoms with Crippen LogP contribution in [0.15, 0.2) is 30.5 Å². The summed E-state index contributed by atoms with van der Waals surface area (Å²) in [5.74, 6) is 2.49. The van der Waals surface area contributed by atoms with Crippen molar-refractivity contribution in [2.45, 2.75) is 24.6 Å². The first-order valence-corrected chi connectivity index (χ1v) is 10.6. The third kappa shape index (κ3) is 3.83. The number of methoxy groups -OCH3 is 1. The molecule has 1 aliphatic carbocycles. The van der Waals surface area contributed by atoms with Crippen LogP contribution in [-0.2, 0) is 16.9 Å². The zero-order valence-electron chi connectivity index (χ0n) is 15.6. The van der Waals surface area contributed by atoms with Gasteiger partial charge in [0.15, 0.2) is 5.65 Å². The second-order valence-electron chi connectivity index (χ2n) is 6.72. The topological polar surface area (TPSA) is 110 Å². The van der Waals surface area contributed by atoms with Gasteiger partial charge in [0, 0.05) is 23.4 Å². The number of fused-ring (bicyclic) bond motifs is 1. The van der Waals surface area contributed by atoms with Crippen LogP contribution in [0.25, 0.3) is 5.65 Å². The van der Waals surface area contributed by atoms with E-state index in [9.17, 15) is 9.81 Å². The lowest BCUT2D eigenvalue weighted by molar-refractivity contribution is 0.411. The molecule has 9 heteroatoms. The van der Waals surface area contributed by atoms with Gasteiger partial charge in [0.2, 0.25) is 0 Å². The minimum atomic E-state index is -0.985. The molecular formula is C19H20N6O2S. The molecule has 0 aliphatic heterocycles. The van der Waals surface area contributed by atoms with Gasteiger partial charge >= 0.3 is 0 Å². The SMILES string of the molecule is COc1ccc(Nc2cc(NC3CC3)n3ncc(C#N)c3n2)cc1C[S+](C)[O-]. The summed E-state index contributed by atoms with van der Waals surface area (Å²) in [4.78, 5) is 4.56. The molecule has 2 heterocycles. The first-order chi connectivity index (χ1) is 13.6. The van der Waals surface area contributed by atoms with Gasteiger partial charge in [-0.3, -0.25) is 0 Å². The van der Waals surface area contributed by atoms with Gasteiger partial charge in [-0.1, -0.05) is 11.2 Å². The van der Waals surface area contributed by atoms with Crippen molar-refractivity contribution in [1.82, 2.24) is 14.6 Å². The Bertz CT molecular complexity index is 1050. The molecule has 4 rings (SSSR count). The average molecular weight is 396 g/mol. The number of nitrogens with zero attached hydrogens (tertiary/aromatic N) is 4. The molecule has 0 amide bonds. The molecule has 0 saturated heterocycles. The lowest BCUT2D eigenvalue weighted by Gasteiger charge is -2.14. The Morgan fingerprint density at radius 2 is 2.21 bits per heavy atom. The fraction of sp³-hybridized carbons (Fsp3) is 0.316. The van der Waals surface area contributed by atoms with E-state index in [-0.39, 0.29) is 0 Å². The molecule has 1 fully saturated rings. The highest BCUT2D eigenvalue weighted by atomic mass is 32.2. The quantitative estimate of drug-likeness (QED) is 0.591. The van der Waals surface area contributed by atoms with Crippen molar-refractivity contribution in [3.63, 3.8) is 0 Å². The molecule has 2 aromatic heterocycles. The Morgan fingerprint density at radius 1 is 1.39 bits per heavy atom. The first kappa shape index (κ1) is 18.4. The van der Waals surface area contributed by atoms with E-state index < -0.39 is 11.2 Å². The zero-order chi connectivity index (χ0) is 19.7. The number of anilines is 3. The van der Waals surface area contributed by atoms with Gasteiger partial charge in [0.05, 0.1) is 19.6 Å². The van der Waals surface area contributed by atoms with Gasteiger partial charge < -0.3 is 19.9 Å². The van der Waals surface area contributed by atoms with Crippen molar-refractivity contribution >= 4 is 34.1 Å². The van der Waals surface area contributed by atoms with Crippen LogP contribution in [0.1, 0.15) is 24.0 Å². The Morgan fingerprint density at radius 3 is 2.89 bits per heavy atom. The highest BCUT2D eigenvalue weighted by Crippen LogP contribution is 2.29. The van der Waals surface area contributed by atoms with Crippen molar-refractivity contribution < 1.29 is 9.29 Å². The first-order valence-electron chi connectivity index (χ1n) is 8.86. The lowest BCUT2D eigenvalue weighted by atomic mass is 10.2. The van der Waals surface area contributed by atoms with E-state index in [4.69, 9.17) is 4.74 Å². The maximum absolute atomic E-state index is 11.7. The molecule has 144 valence electrons. The highest BCUT2D eigenvalue weighted by molar-refractivity contribution is 7.89. The zero-order valence-corrected chi connectivity index (χ0v) is 16.4. The van der Waals surface area contributed by atoms with Crippen LogP contribution in [0.3, 0.4) is 0 Å². The maximum Gasteiger partial charge on any atom is 0.177 e. The fourth-order valence-electron chi connectivity index (χ4n) is 2.98. The van der Waals surface area contributed by atoms with E-state index in [0.29, 0.717) is 34.6 Å². The molecule has 2 N–H and O–H groups in total. The van der Waals surface area contributed by atoms with Crippen LogP contribution < -0.4 is 15.4 Å². The second kappa shape index (κ2) is 7.58. The van der Waals surface area contributed by atoms with Gasteiger partial charge in [-0.25, -0.2) is 4.98 Å². The summed E-state index contributed by atoms with van der Waals surface area (Å²) in [7, 11) is 1.60. The second-order valence-corrected chi connectivity index (χ2v) is 8.15. The number of rotatable bonds is 7. The van der Waals surface area contributed by atoms with E-state index in [1.807, 2.05) is 24.3 Å². The molecule has 1 atom stereocenters. The Kier molecular flexibility index (Phi) is 4.98. The Hall–Kier alpha value is -2.96. The van der Waals surface area contributed by atoms with E-state index >= 15 is 0 Å². The fourth-order valence-corrected chi connectivity index (χ4v) is 3.64. The summed E-state index contributed by atoms with van der Waals surface area (Å²) in [6.07, 6.45) is 5.42. The summed E-state index contributed by atoms with van der Waals surface area (Å²) in [5, 5.41) is 20.3. The third-order valence-corrected chi connectivity index (χ3v) is 5.15. The molecule has 0 radical (unpaired) electrons. The van der Waals surface area contributed by atoms with Gasteiger partial charge in [0.1, 0.15) is 34.8 Å². The molecular weight excluding hydrogens is 376 g/mol. The molecule has 8 nitrogen and oxygen atoms in total. The third-order valence-electron chi connectivity index (χ3n) is 4.43. The summed E-state index contributed by atoms with van der Waals surface area (Å²) in [5.41, 5.74) is 2.57. The van der Waals surface area contributed by atoms with Crippen molar-refractivity contribution in [2.24, 2.45) is 0 Å². The van der Waals surface area contributed by atoms with E-state index in [1.54, 1.807) is 17.9 Å². The highest BCUT2D eigenvalue weighted by Gasteiger charge is 2.23. The number of hydrogen-bond donors (Lipinski definition) is 2. The molecule has 1 saturated carbocycles.